The third-order valence-electron chi connectivity index (χ3n) is 4.03. The molecular formula is C19H22N4S. The van der Waals surface area contributed by atoms with E-state index in [4.69, 9.17) is 12.2 Å². The summed E-state index contributed by atoms with van der Waals surface area (Å²) in [5.74, 6) is 0. The van der Waals surface area contributed by atoms with Gasteiger partial charge in [-0.05, 0) is 29.8 Å². The molecule has 0 N–H and O–H groups in total. The predicted molar refractivity (Wildman–Crippen MR) is 99.0 cm³/mol. The van der Waals surface area contributed by atoms with Gasteiger partial charge in [0.25, 0.3) is 0 Å². The SMILES string of the molecule is Cn1cnn(CN(CCc2ccccc2)Cc2ccccc2)c1=S. The average molecular weight is 338 g/mol. The molecule has 24 heavy (non-hydrogen) atoms. The fourth-order valence-electron chi connectivity index (χ4n) is 2.68. The summed E-state index contributed by atoms with van der Waals surface area (Å²) in [5, 5.41) is 4.39. The Balaban J connectivity index is 1.72. The first-order chi connectivity index (χ1) is 11.7. The minimum atomic E-state index is 0.696. The molecule has 0 aliphatic rings. The third-order valence-corrected chi connectivity index (χ3v) is 4.53. The lowest BCUT2D eigenvalue weighted by Crippen LogP contribution is -2.29. The van der Waals surface area contributed by atoms with Crippen LogP contribution in [0.5, 0.6) is 0 Å². The van der Waals surface area contributed by atoms with Crippen molar-refractivity contribution in [2.45, 2.75) is 19.6 Å². The molecule has 124 valence electrons. The van der Waals surface area contributed by atoms with E-state index in [2.05, 4.69) is 64.6 Å². The second kappa shape index (κ2) is 8.04. The highest BCUT2D eigenvalue weighted by atomic mass is 32.1. The van der Waals surface area contributed by atoms with Crippen molar-refractivity contribution in [2.24, 2.45) is 7.05 Å². The summed E-state index contributed by atoms with van der Waals surface area (Å²) in [4.78, 5) is 2.38. The van der Waals surface area contributed by atoms with Crippen LogP contribution in [0.4, 0.5) is 0 Å². The highest BCUT2D eigenvalue weighted by molar-refractivity contribution is 7.71. The van der Waals surface area contributed by atoms with Crippen molar-refractivity contribution in [1.29, 1.82) is 0 Å². The van der Waals surface area contributed by atoms with Gasteiger partial charge in [-0.2, -0.15) is 5.10 Å². The van der Waals surface area contributed by atoms with E-state index in [9.17, 15) is 0 Å². The Labute approximate surface area is 148 Å². The van der Waals surface area contributed by atoms with Crippen molar-refractivity contribution in [3.8, 4) is 0 Å². The molecule has 0 saturated heterocycles. The standard InChI is InChI=1S/C19H22N4S/c1-21-15-20-23(19(21)24)16-22(14-18-10-6-3-7-11-18)13-12-17-8-4-2-5-9-17/h2-11,15H,12-14,16H2,1H3. The van der Waals surface area contributed by atoms with Gasteiger partial charge in [-0.15, -0.1) is 0 Å². The van der Waals surface area contributed by atoms with E-state index in [0.29, 0.717) is 6.67 Å². The van der Waals surface area contributed by atoms with Gasteiger partial charge in [0, 0.05) is 20.1 Å². The normalized spacial score (nSPS) is 11.1. The van der Waals surface area contributed by atoms with Crippen LogP contribution in [0, 0.1) is 4.77 Å². The highest BCUT2D eigenvalue weighted by Crippen LogP contribution is 2.09. The van der Waals surface area contributed by atoms with Gasteiger partial charge in [0.05, 0.1) is 6.67 Å². The molecule has 0 aliphatic carbocycles. The van der Waals surface area contributed by atoms with Gasteiger partial charge in [-0.1, -0.05) is 60.7 Å². The van der Waals surface area contributed by atoms with Gasteiger partial charge < -0.3 is 4.57 Å². The fraction of sp³-hybridized carbons (Fsp3) is 0.263. The molecule has 1 aromatic heterocycles. The highest BCUT2D eigenvalue weighted by Gasteiger charge is 2.09. The van der Waals surface area contributed by atoms with Gasteiger partial charge in [0.15, 0.2) is 4.77 Å². The second-order valence-electron chi connectivity index (χ2n) is 5.94. The lowest BCUT2D eigenvalue weighted by molar-refractivity contribution is 0.199. The molecule has 0 saturated carbocycles. The summed E-state index contributed by atoms with van der Waals surface area (Å²) in [5.41, 5.74) is 2.65. The maximum absolute atomic E-state index is 5.42. The molecule has 4 nitrogen and oxygen atoms in total. The summed E-state index contributed by atoms with van der Waals surface area (Å²) >= 11 is 5.42. The molecule has 0 bridgehead atoms. The molecule has 0 atom stereocenters. The van der Waals surface area contributed by atoms with Crippen LogP contribution in [0.1, 0.15) is 11.1 Å². The Hall–Kier alpha value is -2.24. The second-order valence-corrected chi connectivity index (χ2v) is 6.30. The van der Waals surface area contributed by atoms with E-state index >= 15 is 0 Å². The van der Waals surface area contributed by atoms with Crippen LogP contribution in [0.15, 0.2) is 67.0 Å². The Morgan fingerprint density at radius 1 is 0.958 bits per heavy atom. The molecule has 2 aromatic carbocycles. The number of rotatable bonds is 7. The van der Waals surface area contributed by atoms with E-state index in [0.717, 1.165) is 24.3 Å². The maximum atomic E-state index is 5.42. The van der Waals surface area contributed by atoms with E-state index in [1.807, 2.05) is 22.4 Å². The van der Waals surface area contributed by atoms with Crippen LogP contribution < -0.4 is 0 Å². The van der Waals surface area contributed by atoms with Crippen molar-refractivity contribution in [1.82, 2.24) is 19.2 Å². The Morgan fingerprint density at radius 2 is 1.58 bits per heavy atom. The number of aryl methyl sites for hydroxylation is 1. The average Bonchev–Trinajstić information content (AvgIpc) is 2.93. The topological polar surface area (TPSA) is 26.0 Å². The predicted octanol–water partition coefficient (Wildman–Crippen LogP) is 3.65. The molecule has 3 rings (SSSR count). The number of benzene rings is 2. The smallest absolute Gasteiger partial charge is 0.198 e. The molecular weight excluding hydrogens is 316 g/mol. The Kier molecular flexibility index (Phi) is 5.56. The van der Waals surface area contributed by atoms with Crippen LogP contribution in [0.2, 0.25) is 0 Å². The summed E-state index contributed by atoms with van der Waals surface area (Å²) in [6.45, 7) is 2.53. The quantitative estimate of drug-likeness (QED) is 0.615. The van der Waals surface area contributed by atoms with Crippen LogP contribution in [-0.4, -0.2) is 25.8 Å². The lowest BCUT2D eigenvalue weighted by atomic mass is 10.1. The van der Waals surface area contributed by atoms with Crippen molar-refractivity contribution >= 4 is 12.2 Å². The van der Waals surface area contributed by atoms with Crippen LogP contribution in [0.25, 0.3) is 0 Å². The van der Waals surface area contributed by atoms with Gasteiger partial charge in [0.1, 0.15) is 6.33 Å². The molecule has 0 radical (unpaired) electrons. The van der Waals surface area contributed by atoms with Gasteiger partial charge in [-0.3, -0.25) is 4.90 Å². The minimum absolute atomic E-state index is 0.696. The van der Waals surface area contributed by atoms with Crippen LogP contribution in [-0.2, 0) is 26.7 Å². The van der Waals surface area contributed by atoms with E-state index in [-0.39, 0.29) is 0 Å². The maximum Gasteiger partial charge on any atom is 0.198 e. The zero-order valence-corrected chi connectivity index (χ0v) is 14.7. The number of hydrogen-bond acceptors (Lipinski definition) is 3. The Morgan fingerprint density at radius 3 is 2.17 bits per heavy atom. The Bertz CT molecular complexity index is 808. The first kappa shape index (κ1) is 16.6. The van der Waals surface area contributed by atoms with Crippen LogP contribution in [0.3, 0.4) is 0 Å². The third kappa shape index (κ3) is 4.40. The van der Waals surface area contributed by atoms with Crippen molar-refractivity contribution in [3.63, 3.8) is 0 Å². The zero-order chi connectivity index (χ0) is 16.8. The fourth-order valence-corrected chi connectivity index (χ4v) is 2.83. The summed E-state index contributed by atoms with van der Waals surface area (Å²) in [6, 6.07) is 21.1. The molecule has 0 aliphatic heterocycles. The largest absolute Gasteiger partial charge is 0.310 e. The van der Waals surface area contributed by atoms with Gasteiger partial charge in [0.2, 0.25) is 0 Å². The minimum Gasteiger partial charge on any atom is -0.310 e. The number of nitrogens with zero attached hydrogens (tertiary/aromatic N) is 4. The first-order valence-electron chi connectivity index (χ1n) is 8.11. The first-order valence-corrected chi connectivity index (χ1v) is 8.52. The van der Waals surface area contributed by atoms with Gasteiger partial charge >= 0.3 is 0 Å². The molecule has 0 spiro atoms. The van der Waals surface area contributed by atoms with E-state index in [1.54, 1.807) is 6.33 Å². The monoisotopic (exact) mass is 338 g/mol. The molecule has 0 fully saturated rings. The van der Waals surface area contributed by atoms with Crippen LogP contribution >= 0.6 is 12.2 Å². The molecule has 0 amide bonds. The van der Waals surface area contributed by atoms with Gasteiger partial charge in [-0.25, -0.2) is 4.68 Å². The summed E-state index contributed by atoms with van der Waals surface area (Å²) < 4.78 is 4.49. The van der Waals surface area contributed by atoms with E-state index in [1.165, 1.54) is 11.1 Å². The number of hydrogen-bond donors (Lipinski definition) is 0. The molecule has 0 unspecified atom stereocenters. The van der Waals surface area contributed by atoms with Crippen molar-refractivity contribution in [2.75, 3.05) is 6.54 Å². The zero-order valence-electron chi connectivity index (χ0n) is 13.9. The molecule has 5 heteroatoms. The molecule has 1 heterocycles. The lowest BCUT2D eigenvalue weighted by Gasteiger charge is -2.22. The summed E-state index contributed by atoms with van der Waals surface area (Å²) in [6.07, 6.45) is 2.77. The van der Waals surface area contributed by atoms with Crippen molar-refractivity contribution < 1.29 is 0 Å². The molecule has 3 aromatic rings. The number of aromatic nitrogens is 3. The van der Waals surface area contributed by atoms with Crippen molar-refractivity contribution in [3.05, 3.63) is 82.9 Å². The summed E-state index contributed by atoms with van der Waals surface area (Å²) in [7, 11) is 1.93. The van der Waals surface area contributed by atoms with E-state index < -0.39 is 0 Å².